The lowest BCUT2D eigenvalue weighted by Crippen LogP contribution is -2.13. The first-order valence-corrected chi connectivity index (χ1v) is 11.6. The minimum atomic E-state index is 0.0570. The number of ketones is 1. The van der Waals surface area contributed by atoms with E-state index < -0.39 is 0 Å². The lowest BCUT2D eigenvalue weighted by Gasteiger charge is -2.19. The van der Waals surface area contributed by atoms with E-state index in [4.69, 9.17) is 0 Å². The average molecular weight is 452 g/mol. The van der Waals surface area contributed by atoms with Gasteiger partial charge in [-0.15, -0.1) is 0 Å². The zero-order valence-corrected chi connectivity index (χ0v) is 19.8. The van der Waals surface area contributed by atoms with Crippen molar-refractivity contribution >= 4 is 28.2 Å². The summed E-state index contributed by atoms with van der Waals surface area (Å²) < 4.78 is 1.78. The Labute approximate surface area is 199 Å². The summed E-state index contributed by atoms with van der Waals surface area (Å²) >= 11 is 0. The van der Waals surface area contributed by atoms with E-state index in [0.717, 1.165) is 35.6 Å². The fraction of sp³-hybridized carbons (Fsp3) is 0.250. The van der Waals surface area contributed by atoms with Gasteiger partial charge < -0.3 is 10.3 Å². The van der Waals surface area contributed by atoms with Crippen LogP contribution in [-0.2, 0) is 18.3 Å². The van der Waals surface area contributed by atoms with Crippen LogP contribution in [0.1, 0.15) is 48.0 Å². The molecule has 2 N–H and O–H groups in total. The smallest absolute Gasteiger partial charge is 0.168 e. The van der Waals surface area contributed by atoms with Crippen LogP contribution < -0.4 is 5.32 Å². The van der Waals surface area contributed by atoms with Gasteiger partial charge in [0.25, 0.3) is 0 Å². The first-order chi connectivity index (χ1) is 16.4. The number of hydrogen-bond acceptors (Lipinski definition) is 4. The van der Waals surface area contributed by atoms with Crippen molar-refractivity contribution in [2.45, 2.75) is 39.0 Å². The summed E-state index contributed by atoms with van der Waals surface area (Å²) in [6, 6.07) is 20.0. The monoisotopic (exact) mass is 451 g/mol. The maximum atomic E-state index is 13.0. The molecule has 0 saturated carbocycles. The second-order valence-electron chi connectivity index (χ2n) is 9.70. The van der Waals surface area contributed by atoms with Gasteiger partial charge in [0.1, 0.15) is 5.82 Å². The number of fused-ring (bicyclic) bond motifs is 2. The van der Waals surface area contributed by atoms with Crippen LogP contribution in [-0.4, -0.2) is 31.9 Å². The van der Waals surface area contributed by atoms with Crippen molar-refractivity contribution in [2.75, 3.05) is 11.9 Å². The summed E-state index contributed by atoms with van der Waals surface area (Å²) in [5.74, 6) is 0.891. The summed E-state index contributed by atoms with van der Waals surface area (Å²) in [6.07, 6.45) is 4.90. The van der Waals surface area contributed by atoms with Gasteiger partial charge >= 0.3 is 0 Å². The zero-order valence-electron chi connectivity index (χ0n) is 19.8. The third kappa shape index (κ3) is 4.44. The average Bonchev–Trinajstić information content (AvgIpc) is 3.46. The van der Waals surface area contributed by atoms with Crippen LogP contribution in [0.5, 0.6) is 0 Å². The number of para-hydroxylation sites is 1. The Morgan fingerprint density at radius 2 is 1.85 bits per heavy atom. The van der Waals surface area contributed by atoms with Crippen LogP contribution in [0.25, 0.3) is 16.6 Å². The zero-order chi connectivity index (χ0) is 23.7. The number of aromatic amines is 1. The minimum Gasteiger partial charge on any atom is -0.370 e. The van der Waals surface area contributed by atoms with Gasteiger partial charge in [0.15, 0.2) is 11.4 Å². The number of carbonyl (C=O) groups is 1. The number of benzene rings is 2. The predicted octanol–water partition coefficient (Wildman–Crippen LogP) is 5.59. The molecule has 172 valence electrons. The topological polar surface area (TPSA) is 75.1 Å². The number of anilines is 1. The highest BCUT2D eigenvalue weighted by Crippen LogP contribution is 2.23. The van der Waals surface area contributed by atoms with E-state index in [1.807, 2.05) is 42.5 Å². The van der Waals surface area contributed by atoms with Gasteiger partial charge in [0, 0.05) is 41.3 Å². The van der Waals surface area contributed by atoms with Crippen LogP contribution in [0.3, 0.4) is 0 Å². The van der Waals surface area contributed by atoms with E-state index in [2.05, 4.69) is 65.6 Å². The molecule has 0 bridgehead atoms. The number of nitrogens with zero attached hydrogens (tertiary/aromatic N) is 3. The van der Waals surface area contributed by atoms with Crippen LogP contribution in [0.15, 0.2) is 73.1 Å². The Morgan fingerprint density at radius 1 is 1.06 bits per heavy atom. The molecule has 3 heterocycles. The third-order valence-corrected chi connectivity index (χ3v) is 6.20. The van der Waals surface area contributed by atoms with Crippen LogP contribution in [0, 0.1) is 0 Å². The summed E-state index contributed by atoms with van der Waals surface area (Å²) in [5, 5.41) is 9.13. The van der Waals surface area contributed by atoms with Crippen molar-refractivity contribution in [1.29, 1.82) is 0 Å². The van der Waals surface area contributed by atoms with Gasteiger partial charge in [-0.25, -0.2) is 4.98 Å². The molecule has 34 heavy (non-hydrogen) atoms. The summed E-state index contributed by atoms with van der Waals surface area (Å²) in [7, 11) is 0. The lowest BCUT2D eigenvalue weighted by atomic mass is 9.86. The number of hydrogen-bond donors (Lipinski definition) is 2. The van der Waals surface area contributed by atoms with Crippen molar-refractivity contribution in [3.63, 3.8) is 0 Å². The molecule has 0 fully saturated rings. The molecule has 3 aromatic heterocycles. The Balaban J connectivity index is 1.32. The number of Topliss-reactive ketones (excluding diaryl/α,β-unsaturated/α-hetero) is 1. The van der Waals surface area contributed by atoms with Crippen molar-refractivity contribution in [3.8, 4) is 0 Å². The SMILES string of the molecule is CC(C)(C)c1ccc(C(=O)Cc2cc(NCCc3c[nH]c4ccccc34)n3nccc3n2)cc1. The minimum absolute atomic E-state index is 0.0570. The fourth-order valence-electron chi connectivity index (χ4n) is 4.27. The maximum absolute atomic E-state index is 13.0. The first kappa shape index (κ1) is 21.9. The molecule has 0 spiro atoms. The van der Waals surface area contributed by atoms with E-state index in [9.17, 15) is 4.79 Å². The normalized spacial score (nSPS) is 11.9. The number of aromatic nitrogens is 4. The van der Waals surface area contributed by atoms with Gasteiger partial charge in [0.2, 0.25) is 0 Å². The van der Waals surface area contributed by atoms with Crippen molar-refractivity contribution in [3.05, 3.63) is 95.4 Å². The van der Waals surface area contributed by atoms with E-state index in [1.54, 1.807) is 10.7 Å². The Bertz CT molecular complexity index is 1450. The van der Waals surface area contributed by atoms with E-state index in [0.29, 0.717) is 5.56 Å². The molecule has 0 aliphatic heterocycles. The highest BCUT2D eigenvalue weighted by molar-refractivity contribution is 5.97. The molecule has 0 atom stereocenters. The predicted molar refractivity (Wildman–Crippen MR) is 137 cm³/mol. The molecule has 2 aromatic carbocycles. The van der Waals surface area contributed by atoms with Gasteiger partial charge in [-0.1, -0.05) is 63.2 Å². The van der Waals surface area contributed by atoms with Gasteiger partial charge in [-0.3, -0.25) is 4.79 Å². The summed E-state index contributed by atoms with van der Waals surface area (Å²) in [5.41, 5.74) is 5.84. The molecular formula is C28H29N5O. The lowest BCUT2D eigenvalue weighted by molar-refractivity contribution is 0.0992. The third-order valence-electron chi connectivity index (χ3n) is 6.20. The first-order valence-electron chi connectivity index (χ1n) is 11.6. The molecule has 5 aromatic rings. The summed E-state index contributed by atoms with van der Waals surface area (Å²) in [4.78, 5) is 20.9. The summed E-state index contributed by atoms with van der Waals surface area (Å²) in [6.45, 7) is 7.24. The second-order valence-corrected chi connectivity index (χ2v) is 9.70. The second kappa shape index (κ2) is 8.78. The molecule has 0 saturated heterocycles. The number of nitrogens with one attached hydrogen (secondary N) is 2. The molecular weight excluding hydrogens is 422 g/mol. The van der Waals surface area contributed by atoms with Gasteiger partial charge in [-0.05, 0) is 29.0 Å². The fourth-order valence-corrected chi connectivity index (χ4v) is 4.27. The Morgan fingerprint density at radius 3 is 2.65 bits per heavy atom. The molecule has 0 amide bonds. The number of rotatable bonds is 7. The van der Waals surface area contributed by atoms with Gasteiger partial charge in [-0.2, -0.15) is 9.61 Å². The van der Waals surface area contributed by atoms with Crippen molar-refractivity contribution in [2.24, 2.45) is 0 Å². The highest BCUT2D eigenvalue weighted by atomic mass is 16.1. The van der Waals surface area contributed by atoms with Crippen molar-refractivity contribution < 1.29 is 4.79 Å². The molecule has 0 unspecified atom stereocenters. The van der Waals surface area contributed by atoms with E-state index >= 15 is 0 Å². The Kier molecular flexibility index (Phi) is 5.65. The highest BCUT2D eigenvalue weighted by Gasteiger charge is 2.16. The van der Waals surface area contributed by atoms with Crippen LogP contribution >= 0.6 is 0 Å². The number of H-pyrrole nitrogens is 1. The largest absolute Gasteiger partial charge is 0.370 e. The Hall–Kier alpha value is -3.93. The molecule has 0 radical (unpaired) electrons. The van der Waals surface area contributed by atoms with Crippen molar-refractivity contribution in [1.82, 2.24) is 19.6 Å². The molecule has 5 rings (SSSR count). The molecule has 6 heteroatoms. The van der Waals surface area contributed by atoms with E-state index in [1.165, 1.54) is 16.5 Å². The number of carbonyl (C=O) groups excluding carboxylic acids is 1. The molecule has 0 aliphatic rings. The van der Waals surface area contributed by atoms with Gasteiger partial charge in [0.05, 0.1) is 18.3 Å². The maximum Gasteiger partial charge on any atom is 0.168 e. The van der Waals surface area contributed by atoms with Crippen LogP contribution in [0.4, 0.5) is 5.82 Å². The molecule has 6 nitrogen and oxygen atoms in total. The quantitative estimate of drug-likeness (QED) is 0.316. The van der Waals surface area contributed by atoms with E-state index in [-0.39, 0.29) is 17.6 Å². The van der Waals surface area contributed by atoms with Crippen LogP contribution in [0.2, 0.25) is 0 Å². The molecule has 0 aliphatic carbocycles. The standard InChI is InChI=1S/C28H29N5O/c1-28(2,3)21-10-8-19(9-11-21)25(34)16-22-17-27(33-26(32-22)13-15-31-33)29-14-12-20-18-30-24-7-5-4-6-23(20)24/h4-11,13,15,17-18,29-30H,12,14,16H2,1-3H3.